The molecule has 23 heavy (non-hydrogen) atoms. The summed E-state index contributed by atoms with van der Waals surface area (Å²) in [4.78, 5) is 8.79. The molecular formula is C16H21ClF2N4. The molecular weight excluding hydrogens is 322 g/mol. The molecule has 3 heterocycles. The number of piperazine rings is 1. The number of rotatable bonds is 5. The van der Waals surface area contributed by atoms with Crippen molar-refractivity contribution in [3.8, 4) is 0 Å². The summed E-state index contributed by atoms with van der Waals surface area (Å²) in [5, 5.41) is 0.674. The lowest BCUT2D eigenvalue weighted by molar-refractivity contribution is 0.0167. The van der Waals surface area contributed by atoms with E-state index in [0.29, 0.717) is 11.6 Å². The molecule has 1 aliphatic rings. The lowest BCUT2D eigenvalue weighted by atomic mass is 10.1. The molecule has 2 aromatic heterocycles. The van der Waals surface area contributed by atoms with Crippen molar-refractivity contribution in [1.82, 2.24) is 19.2 Å². The largest absolute Gasteiger partial charge is 0.305 e. The highest BCUT2D eigenvalue weighted by molar-refractivity contribution is 6.30. The highest BCUT2D eigenvalue weighted by Gasteiger charge is 2.27. The summed E-state index contributed by atoms with van der Waals surface area (Å²) in [6.45, 7) is 4.94. The van der Waals surface area contributed by atoms with E-state index in [2.05, 4.69) is 16.8 Å². The molecule has 1 fully saturated rings. The Kier molecular flexibility index (Phi) is 5.14. The maximum Gasteiger partial charge on any atom is 0.251 e. The molecule has 7 heteroatoms. The number of aromatic nitrogens is 2. The number of imidazole rings is 1. The highest BCUT2D eigenvalue weighted by atomic mass is 35.5. The molecule has 0 aliphatic carbocycles. The standard InChI is InChI=1S/C16H21ClF2N4/c1-2-14-10-21(5-6-22(14)11-15(18)19)8-13-9-23-7-12(17)3-4-16(23)20-13/h3-4,7,9,14-15H,2,5-6,8,10-11H2,1H3/t14-/m0/s1. The van der Waals surface area contributed by atoms with E-state index in [1.165, 1.54) is 0 Å². The van der Waals surface area contributed by atoms with Crippen LogP contribution in [-0.4, -0.2) is 57.8 Å². The summed E-state index contributed by atoms with van der Waals surface area (Å²) in [5.74, 6) is 0. The Hall–Kier alpha value is -1.24. The van der Waals surface area contributed by atoms with E-state index >= 15 is 0 Å². The van der Waals surface area contributed by atoms with E-state index in [-0.39, 0.29) is 12.6 Å². The Bertz CT molecular complexity index is 661. The molecule has 0 saturated carbocycles. The average molecular weight is 343 g/mol. The van der Waals surface area contributed by atoms with E-state index < -0.39 is 6.43 Å². The summed E-state index contributed by atoms with van der Waals surface area (Å²) >= 11 is 5.99. The maximum atomic E-state index is 12.6. The maximum absolute atomic E-state index is 12.6. The quantitative estimate of drug-likeness (QED) is 0.834. The van der Waals surface area contributed by atoms with Crippen LogP contribution in [0, 0.1) is 0 Å². The smallest absolute Gasteiger partial charge is 0.251 e. The molecule has 4 nitrogen and oxygen atoms in total. The summed E-state index contributed by atoms with van der Waals surface area (Å²) in [5.41, 5.74) is 1.84. The van der Waals surface area contributed by atoms with Crippen molar-refractivity contribution in [2.75, 3.05) is 26.2 Å². The first-order valence-corrected chi connectivity index (χ1v) is 8.30. The van der Waals surface area contributed by atoms with Crippen LogP contribution in [0.3, 0.4) is 0 Å². The third-order valence-electron chi connectivity index (χ3n) is 4.38. The minimum atomic E-state index is -2.27. The van der Waals surface area contributed by atoms with Crippen LogP contribution < -0.4 is 0 Å². The topological polar surface area (TPSA) is 23.8 Å². The number of pyridine rings is 1. The molecule has 0 unspecified atom stereocenters. The van der Waals surface area contributed by atoms with E-state index in [9.17, 15) is 8.78 Å². The lowest BCUT2D eigenvalue weighted by Crippen LogP contribution is -2.53. The van der Waals surface area contributed by atoms with E-state index in [1.807, 2.05) is 33.8 Å². The fourth-order valence-corrected chi connectivity index (χ4v) is 3.40. The Morgan fingerprint density at radius 1 is 1.30 bits per heavy atom. The first-order chi connectivity index (χ1) is 11.0. The number of fused-ring (bicyclic) bond motifs is 1. The van der Waals surface area contributed by atoms with Gasteiger partial charge < -0.3 is 4.40 Å². The average Bonchev–Trinajstić information content (AvgIpc) is 2.89. The molecule has 0 spiro atoms. The minimum absolute atomic E-state index is 0.126. The van der Waals surface area contributed by atoms with Gasteiger partial charge in [-0.1, -0.05) is 18.5 Å². The van der Waals surface area contributed by atoms with Crippen LogP contribution in [0.15, 0.2) is 24.5 Å². The van der Waals surface area contributed by atoms with Crippen LogP contribution in [0.5, 0.6) is 0 Å². The number of nitrogens with zero attached hydrogens (tertiary/aromatic N) is 4. The predicted molar refractivity (Wildman–Crippen MR) is 87.1 cm³/mol. The molecule has 2 aromatic rings. The van der Waals surface area contributed by atoms with Gasteiger partial charge in [0.2, 0.25) is 0 Å². The van der Waals surface area contributed by atoms with Crippen LogP contribution in [0.25, 0.3) is 5.65 Å². The van der Waals surface area contributed by atoms with Gasteiger partial charge in [-0.15, -0.1) is 0 Å². The third-order valence-corrected chi connectivity index (χ3v) is 4.61. The molecule has 0 bridgehead atoms. The Morgan fingerprint density at radius 2 is 2.13 bits per heavy atom. The second kappa shape index (κ2) is 7.11. The van der Waals surface area contributed by atoms with Gasteiger partial charge in [-0.2, -0.15) is 0 Å². The van der Waals surface area contributed by atoms with Gasteiger partial charge >= 0.3 is 0 Å². The van der Waals surface area contributed by atoms with Gasteiger partial charge in [-0.05, 0) is 18.6 Å². The van der Waals surface area contributed by atoms with Crippen LogP contribution >= 0.6 is 11.6 Å². The van der Waals surface area contributed by atoms with Crippen molar-refractivity contribution < 1.29 is 8.78 Å². The van der Waals surface area contributed by atoms with Crippen molar-refractivity contribution in [1.29, 1.82) is 0 Å². The normalized spacial score (nSPS) is 20.7. The molecule has 0 radical (unpaired) electrons. The summed E-state index contributed by atoms with van der Waals surface area (Å²) in [7, 11) is 0. The zero-order valence-corrected chi connectivity index (χ0v) is 13.9. The van der Waals surface area contributed by atoms with Crippen molar-refractivity contribution in [2.24, 2.45) is 0 Å². The molecule has 126 valence electrons. The molecule has 0 aromatic carbocycles. The first kappa shape index (κ1) is 16.6. The highest BCUT2D eigenvalue weighted by Crippen LogP contribution is 2.18. The van der Waals surface area contributed by atoms with Crippen molar-refractivity contribution in [3.63, 3.8) is 0 Å². The SMILES string of the molecule is CC[C@H]1CN(Cc2cn3cc(Cl)ccc3n2)CCN1CC(F)F. The van der Waals surface area contributed by atoms with Gasteiger partial charge in [-0.3, -0.25) is 9.80 Å². The monoisotopic (exact) mass is 342 g/mol. The Labute approximate surface area is 139 Å². The first-order valence-electron chi connectivity index (χ1n) is 7.93. The second-order valence-corrected chi connectivity index (χ2v) is 6.46. The lowest BCUT2D eigenvalue weighted by Gasteiger charge is -2.40. The van der Waals surface area contributed by atoms with E-state index in [1.54, 1.807) is 0 Å². The van der Waals surface area contributed by atoms with Crippen molar-refractivity contribution in [2.45, 2.75) is 32.4 Å². The van der Waals surface area contributed by atoms with Crippen LogP contribution in [0.2, 0.25) is 5.02 Å². The number of hydrogen-bond donors (Lipinski definition) is 0. The van der Waals surface area contributed by atoms with E-state index in [0.717, 1.165) is 37.4 Å². The summed E-state index contributed by atoms with van der Waals surface area (Å²) in [6.07, 6.45) is 2.43. The molecule has 3 rings (SSSR count). The van der Waals surface area contributed by atoms with Crippen LogP contribution in [0.1, 0.15) is 19.0 Å². The fourth-order valence-electron chi connectivity index (χ4n) is 3.23. The van der Waals surface area contributed by atoms with Gasteiger partial charge in [-0.25, -0.2) is 13.8 Å². The summed E-state index contributed by atoms with van der Waals surface area (Å²) in [6, 6.07) is 3.90. The Balaban J connectivity index is 1.65. The predicted octanol–water partition coefficient (Wildman–Crippen LogP) is 3.15. The number of alkyl halides is 2. The zero-order valence-electron chi connectivity index (χ0n) is 13.1. The number of halogens is 3. The second-order valence-electron chi connectivity index (χ2n) is 6.03. The van der Waals surface area contributed by atoms with Gasteiger partial charge in [0.1, 0.15) is 5.65 Å². The third kappa shape index (κ3) is 4.00. The molecule has 1 aliphatic heterocycles. The minimum Gasteiger partial charge on any atom is -0.305 e. The molecule has 0 N–H and O–H groups in total. The molecule has 1 saturated heterocycles. The van der Waals surface area contributed by atoms with Gasteiger partial charge in [0.05, 0.1) is 17.3 Å². The van der Waals surface area contributed by atoms with Gasteiger partial charge in [0, 0.05) is 44.6 Å². The zero-order chi connectivity index (χ0) is 16.4. The Morgan fingerprint density at radius 3 is 2.87 bits per heavy atom. The van der Waals surface area contributed by atoms with Crippen LogP contribution in [-0.2, 0) is 6.54 Å². The van der Waals surface area contributed by atoms with Crippen molar-refractivity contribution in [3.05, 3.63) is 35.2 Å². The van der Waals surface area contributed by atoms with Gasteiger partial charge in [0.15, 0.2) is 0 Å². The van der Waals surface area contributed by atoms with Crippen molar-refractivity contribution >= 4 is 17.2 Å². The number of hydrogen-bond acceptors (Lipinski definition) is 3. The van der Waals surface area contributed by atoms with E-state index in [4.69, 9.17) is 11.6 Å². The molecule has 1 atom stereocenters. The fraction of sp³-hybridized carbons (Fsp3) is 0.562. The van der Waals surface area contributed by atoms with Gasteiger partial charge in [0.25, 0.3) is 6.43 Å². The van der Waals surface area contributed by atoms with Crippen LogP contribution in [0.4, 0.5) is 8.78 Å². The molecule has 0 amide bonds. The summed E-state index contributed by atoms with van der Waals surface area (Å²) < 4.78 is 27.2.